The van der Waals surface area contributed by atoms with Gasteiger partial charge in [-0.3, -0.25) is 4.79 Å². The second-order valence-electron chi connectivity index (χ2n) is 5.13. The van der Waals surface area contributed by atoms with Crippen molar-refractivity contribution >= 4 is 12.0 Å². The number of amides is 2. The molecule has 6 heteroatoms. The Labute approximate surface area is 114 Å². The van der Waals surface area contributed by atoms with Crippen molar-refractivity contribution < 1.29 is 19.4 Å². The van der Waals surface area contributed by atoms with E-state index in [4.69, 9.17) is 9.84 Å². The van der Waals surface area contributed by atoms with Crippen molar-refractivity contribution in [1.82, 2.24) is 10.2 Å². The Morgan fingerprint density at radius 1 is 1.32 bits per heavy atom. The van der Waals surface area contributed by atoms with Gasteiger partial charge >= 0.3 is 12.0 Å². The Morgan fingerprint density at radius 3 is 2.47 bits per heavy atom. The summed E-state index contributed by atoms with van der Waals surface area (Å²) in [7, 11) is 3.35. The van der Waals surface area contributed by atoms with Gasteiger partial charge in [0, 0.05) is 27.2 Å². The zero-order valence-corrected chi connectivity index (χ0v) is 11.7. The molecule has 1 rings (SSSR count). The number of carbonyl (C=O) groups excluding carboxylic acids is 1. The van der Waals surface area contributed by atoms with Gasteiger partial charge in [0.15, 0.2) is 0 Å². The molecule has 0 atom stereocenters. The number of nitrogens with zero attached hydrogens (tertiary/aromatic N) is 1. The van der Waals surface area contributed by atoms with Crippen molar-refractivity contribution in [2.45, 2.75) is 38.2 Å². The molecule has 0 aliphatic heterocycles. The van der Waals surface area contributed by atoms with Crippen LogP contribution in [0.1, 0.15) is 32.1 Å². The van der Waals surface area contributed by atoms with E-state index in [9.17, 15) is 9.59 Å². The predicted octanol–water partition coefficient (Wildman–Crippen LogP) is 1.31. The van der Waals surface area contributed by atoms with E-state index in [2.05, 4.69) is 5.32 Å². The molecule has 0 radical (unpaired) electrons. The summed E-state index contributed by atoms with van der Waals surface area (Å²) in [5.74, 6) is -0.388. The van der Waals surface area contributed by atoms with Gasteiger partial charge in [0.25, 0.3) is 0 Å². The summed E-state index contributed by atoms with van der Waals surface area (Å²) in [4.78, 5) is 23.5. The number of rotatable bonds is 6. The summed E-state index contributed by atoms with van der Waals surface area (Å²) in [5.41, 5.74) is 0. The first-order chi connectivity index (χ1) is 9.02. The van der Waals surface area contributed by atoms with Gasteiger partial charge in [0.2, 0.25) is 0 Å². The first-order valence-electron chi connectivity index (χ1n) is 6.76. The van der Waals surface area contributed by atoms with Gasteiger partial charge in [-0.25, -0.2) is 4.79 Å². The van der Waals surface area contributed by atoms with E-state index in [0.717, 1.165) is 25.7 Å². The minimum Gasteiger partial charge on any atom is -0.481 e. The number of carbonyl (C=O) groups is 2. The molecule has 2 amide bonds. The zero-order chi connectivity index (χ0) is 14.3. The smallest absolute Gasteiger partial charge is 0.317 e. The molecule has 0 aromatic carbocycles. The largest absolute Gasteiger partial charge is 0.481 e. The third-order valence-corrected chi connectivity index (χ3v) is 3.68. The lowest BCUT2D eigenvalue weighted by atomic mass is 9.87. The highest BCUT2D eigenvalue weighted by atomic mass is 16.5. The highest BCUT2D eigenvalue weighted by Crippen LogP contribution is 2.25. The molecule has 110 valence electrons. The third kappa shape index (κ3) is 5.92. The molecule has 0 spiro atoms. The summed E-state index contributed by atoms with van der Waals surface area (Å²) < 4.78 is 5.31. The molecular weight excluding hydrogens is 248 g/mol. The Bertz CT molecular complexity index is 301. The van der Waals surface area contributed by atoms with Gasteiger partial charge < -0.3 is 20.1 Å². The maximum Gasteiger partial charge on any atom is 0.317 e. The van der Waals surface area contributed by atoms with Gasteiger partial charge in [-0.15, -0.1) is 0 Å². The molecule has 0 heterocycles. The van der Waals surface area contributed by atoms with Crippen molar-refractivity contribution in [2.75, 3.05) is 27.2 Å². The first-order valence-corrected chi connectivity index (χ1v) is 6.76. The molecule has 1 aliphatic rings. The Hall–Kier alpha value is -1.30. The molecule has 19 heavy (non-hydrogen) atoms. The van der Waals surface area contributed by atoms with Crippen LogP contribution in [-0.4, -0.2) is 55.4 Å². The molecule has 0 aromatic rings. The lowest BCUT2D eigenvalue weighted by Crippen LogP contribution is -2.41. The van der Waals surface area contributed by atoms with Crippen LogP contribution in [0.15, 0.2) is 0 Å². The summed E-state index contributed by atoms with van der Waals surface area (Å²) >= 11 is 0. The molecule has 2 N–H and O–H groups in total. The number of carboxylic acid groups (broad SMARTS) is 1. The number of aliphatic carboxylic acids is 1. The van der Waals surface area contributed by atoms with E-state index in [0.29, 0.717) is 18.6 Å². The van der Waals surface area contributed by atoms with E-state index in [-0.39, 0.29) is 19.0 Å². The molecule has 1 fully saturated rings. The quantitative estimate of drug-likeness (QED) is 0.764. The van der Waals surface area contributed by atoms with Crippen molar-refractivity contribution in [3.05, 3.63) is 0 Å². The van der Waals surface area contributed by atoms with Crippen LogP contribution in [-0.2, 0) is 9.53 Å². The summed E-state index contributed by atoms with van der Waals surface area (Å²) in [6.07, 6.45) is 4.57. The van der Waals surface area contributed by atoms with Crippen molar-refractivity contribution in [1.29, 1.82) is 0 Å². The third-order valence-electron chi connectivity index (χ3n) is 3.68. The number of ether oxygens (including phenoxy) is 1. The average Bonchev–Trinajstić information content (AvgIpc) is 2.42. The summed E-state index contributed by atoms with van der Waals surface area (Å²) in [6, 6.07) is -0.199. The Kier molecular flexibility index (Phi) is 6.62. The van der Waals surface area contributed by atoms with E-state index in [1.165, 1.54) is 4.90 Å². The second kappa shape index (κ2) is 7.99. The fourth-order valence-corrected chi connectivity index (χ4v) is 2.30. The predicted molar refractivity (Wildman–Crippen MR) is 71.0 cm³/mol. The van der Waals surface area contributed by atoms with Crippen LogP contribution < -0.4 is 5.32 Å². The molecular formula is C13H24N2O4. The molecule has 0 aromatic heterocycles. The molecule has 0 bridgehead atoms. The number of urea groups is 1. The maximum absolute atomic E-state index is 11.7. The van der Waals surface area contributed by atoms with Crippen molar-refractivity contribution in [3.63, 3.8) is 0 Å². The van der Waals surface area contributed by atoms with Crippen LogP contribution in [0.5, 0.6) is 0 Å². The second-order valence-corrected chi connectivity index (χ2v) is 5.13. The number of hydrogen-bond acceptors (Lipinski definition) is 3. The SMILES string of the molecule is COC1CCC(CNC(=O)N(C)CCC(=O)O)CC1. The van der Waals surface area contributed by atoms with Crippen LogP contribution >= 0.6 is 0 Å². The van der Waals surface area contributed by atoms with Gasteiger partial charge in [-0.05, 0) is 31.6 Å². The highest BCUT2D eigenvalue weighted by molar-refractivity contribution is 5.74. The monoisotopic (exact) mass is 272 g/mol. The number of carboxylic acids is 1. The summed E-state index contributed by atoms with van der Waals surface area (Å²) in [5, 5.41) is 11.4. The minimum atomic E-state index is -0.891. The molecule has 1 aliphatic carbocycles. The van der Waals surface area contributed by atoms with E-state index < -0.39 is 5.97 Å². The van der Waals surface area contributed by atoms with E-state index in [1.54, 1.807) is 14.2 Å². The first kappa shape index (κ1) is 15.8. The topological polar surface area (TPSA) is 78.9 Å². The fourth-order valence-electron chi connectivity index (χ4n) is 2.30. The van der Waals surface area contributed by atoms with Gasteiger partial charge in [0.1, 0.15) is 0 Å². The highest BCUT2D eigenvalue weighted by Gasteiger charge is 2.21. The van der Waals surface area contributed by atoms with Crippen LogP contribution in [0.4, 0.5) is 4.79 Å². The lowest BCUT2D eigenvalue weighted by molar-refractivity contribution is -0.137. The molecule has 1 saturated carbocycles. The van der Waals surface area contributed by atoms with Crippen LogP contribution in [0.2, 0.25) is 0 Å². The van der Waals surface area contributed by atoms with Crippen LogP contribution in [0.3, 0.4) is 0 Å². The van der Waals surface area contributed by atoms with E-state index in [1.807, 2.05) is 0 Å². The molecule has 0 unspecified atom stereocenters. The average molecular weight is 272 g/mol. The zero-order valence-electron chi connectivity index (χ0n) is 11.7. The normalized spacial score (nSPS) is 22.8. The van der Waals surface area contributed by atoms with Gasteiger partial charge in [-0.1, -0.05) is 0 Å². The van der Waals surface area contributed by atoms with E-state index >= 15 is 0 Å². The number of nitrogens with one attached hydrogen (secondary N) is 1. The van der Waals surface area contributed by atoms with Crippen LogP contribution in [0.25, 0.3) is 0 Å². The molecule has 6 nitrogen and oxygen atoms in total. The minimum absolute atomic E-state index is 0.0249. The summed E-state index contributed by atoms with van der Waals surface area (Å²) in [6.45, 7) is 0.893. The van der Waals surface area contributed by atoms with Crippen molar-refractivity contribution in [2.24, 2.45) is 5.92 Å². The Balaban J connectivity index is 2.17. The maximum atomic E-state index is 11.7. The van der Waals surface area contributed by atoms with Gasteiger partial charge in [-0.2, -0.15) is 0 Å². The van der Waals surface area contributed by atoms with Gasteiger partial charge in [0.05, 0.1) is 12.5 Å². The number of methoxy groups -OCH3 is 1. The number of hydrogen-bond donors (Lipinski definition) is 2. The standard InChI is InChI=1S/C13H24N2O4/c1-15(8-7-12(16)17)13(18)14-9-10-3-5-11(19-2)6-4-10/h10-11H,3-9H2,1-2H3,(H,14,18)(H,16,17). The van der Waals surface area contributed by atoms with Crippen molar-refractivity contribution in [3.8, 4) is 0 Å². The Morgan fingerprint density at radius 2 is 1.95 bits per heavy atom. The van der Waals surface area contributed by atoms with Crippen LogP contribution in [0, 0.1) is 5.92 Å². The molecule has 0 saturated heterocycles. The lowest BCUT2D eigenvalue weighted by Gasteiger charge is -2.28. The fraction of sp³-hybridized carbons (Fsp3) is 0.846.